The lowest BCUT2D eigenvalue weighted by molar-refractivity contribution is -0.121. The second kappa shape index (κ2) is 8.04. The maximum atomic E-state index is 12.9. The summed E-state index contributed by atoms with van der Waals surface area (Å²) in [6.45, 7) is 1.10. The summed E-state index contributed by atoms with van der Waals surface area (Å²) in [7, 11) is 0. The van der Waals surface area contributed by atoms with E-state index in [1.165, 1.54) is 6.33 Å². The van der Waals surface area contributed by atoms with E-state index in [2.05, 4.69) is 15.4 Å². The highest BCUT2D eigenvalue weighted by atomic mass is 16.2. The maximum Gasteiger partial charge on any atom is 0.253 e. The lowest BCUT2D eigenvalue weighted by Gasteiger charge is -2.32. The van der Waals surface area contributed by atoms with Crippen molar-refractivity contribution >= 4 is 17.5 Å². The summed E-state index contributed by atoms with van der Waals surface area (Å²) in [6.07, 6.45) is 4.67. The van der Waals surface area contributed by atoms with Gasteiger partial charge in [-0.1, -0.05) is 18.2 Å². The highest BCUT2D eigenvalue weighted by Crippen LogP contribution is 2.21. The number of carbonyl (C=O) groups excluding carboxylic acids is 2. The van der Waals surface area contributed by atoms with E-state index < -0.39 is 0 Å². The molecular weight excluding hydrogens is 354 g/mol. The van der Waals surface area contributed by atoms with Crippen LogP contribution in [0.15, 0.2) is 67.3 Å². The van der Waals surface area contributed by atoms with Crippen LogP contribution in [0.1, 0.15) is 23.2 Å². The van der Waals surface area contributed by atoms with E-state index in [1.807, 2.05) is 42.5 Å². The summed E-state index contributed by atoms with van der Waals surface area (Å²) in [4.78, 5) is 31.2. The molecule has 7 heteroatoms. The van der Waals surface area contributed by atoms with Crippen LogP contribution in [0.4, 0.5) is 5.69 Å². The molecule has 7 nitrogen and oxygen atoms in total. The van der Waals surface area contributed by atoms with Gasteiger partial charge in [0.05, 0.1) is 11.6 Å². The highest BCUT2D eigenvalue weighted by Gasteiger charge is 2.29. The number of amides is 2. The Labute approximate surface area is 163 Å². The van der Waals surface area contributed by atoms with Crippen LogP contribution in [0, 0.1) is 5.92 Å². The smallest absolute Gasteiger partial charge is 0.253 e. The molecule has 1 aliphatic rings. The van der Waals surface area contributed by atoms with Crippen molar-refractivity contribution in [3.63, 3.8) is 0 Å². The molecule has 4 rings (SSSR count). The molecule has 2 heterocycles. The van der Waals surface area contributed by atoms with E-state index >= 15 is 0 Å². The van der Waals surface area contributed by atoms with Crippen molar-refractivity contribution in [2.24, 2.45) is 5.92 Å². The standard InChI is InChI=1S/C21H21N5O2/c27-20(24-18-6-2-1-3-7-18)17-5-4-12-25(13-17)21(28)16-8-10-19(11-9-16)26-15-22-14-23-26/h1-3,6-11,14-15,17H,4-5,12-13H2,(H,24,27). The van der Waals surface area contributed by atoms with Crippen LogP contribution in [0.25, 0.3) is 5.69 Å². The number of piperidine rings is 1. The second-order valence-corrected chi connectivity index (χ2v) is 6.83. The van der Waals surface area contributed by atoms with Crippen LogP contribution in [-0.2, 0) is 4.79 Å². The fraction of sp³-hybridized carbons (Fsp3) is 0.238. The van der Waals surface area contributed by atoms with Gasteiger partial charge >= 0.3 is 0 Å². The molecule has 0 saturated carbocycles. The summed E-state index contributed by atoms with van der Waals surface area (Å²) in [5.74, 6) is -0.292. The molecule has 0 bridgehead atoms. The van der Waals surface area contributed by atoms with Crippen molar-refractivity contribution in [3.8, 4) is 5.69 Å². The van der Waals surface area contributed by atoms with Gasteiger partial charge in [-0.15, -0.1) is 0 Å². The Bertz CT molecular complexity index is 939. The van der Waals surface area contributed by atoms with Crippen LogP contribution in [0.3, 0.4) is 0 Å². The van der Waals surface area contributed by atoms with E-state index in [0.29, 0.717) is 18.7 Å². The molecule has 1 aliphatic heterocycles. The molecule has 1 unspecified atom stereocenters. The molecule has 28 heavy (non-hydrogen) atoms. The Morgan fingerprint density at radius 1 is 1.04 bits per heavy atom. The van der Waals surface area contributed by atoms with Crippen molar-refractivity contribution < 1.29 is 9.59 Å². The first-order chi connectivity index (χ1) is 13.7. The number of hydrogen-bond donors (Lipinski definition) is 1. The average molecular weight is 375 g/mol. The molecule has 1 saturated heterocycles. The normalized spacial score (nSPS) is 16.6. The quantitative estimate of drug-likeness (QED) is 0.760. The molecule has 2 aromatic carbocycles. The summed E-state index contributed by atoms with van der Waals surface area (Å²) in [6, 6.07) is 16.6. The zero-order valence-corrected chi connectivity index (χ0v) is 15.4. The summed E-state index contributed by atoms with van der Waals surface area (Å²) < 4.78 is 1.64. The molecule has 142 valence electrons. The average Bonchev–Trinajstić information content (AvgIpc) is 3.29. The van der Waals surface area contributed by atoms with E-state index in [-0.39, 0.29) is 17.7 Å². The minimum absolute atomic E-state index is 0.0368. The SMILES string of the molecule is O=C(Nc1ccccc1)C1CCCN(C(=O)c2ccc(-n3cncn3)cc2)C1. The number of nitrogens with zero attached hydrogens (tertiary/aromatic N) is 4. The number of para-hydroxylation sites is 1. The third-order valence-corrected chi connectivity index (χ3v) is 4.92. The van der Waals surface area contributed by atoms with Crippen molar-refractivity contribution in [2.75, 3.05) is 18.4 Å². The third-order valence-electron chi connectivity index (χ3n) is 4.92. The van der Waals surface area contributed by atoms with E-state index in [1.54, 1.807) is 28.0 Å². The largest absolute Gasteiger partial charge is 0.338 e. The molecule has 1 aromatic heterocycles. The van der Waals surface area contributed by atoms with Gasteiger partial charge in [0.1, 0.15) is 12.7 Å². The molecule has 2 amide bonds. The van der Waals surface area contributed by atoms with E-state index in [0.717, 1.165) is 24.2 Å². The minimum atomic E-state index is -0.202. The van der Waals surface area contributed by atoms with Gasteiger partial charge in [-0.2, -0.15) is 5.10 Å². The maximum absolute atomic E-state index is 12.9. The fourth-order valence-electron chi connectivity index (χ4n) is 3.42. The van der Waals surface area contributed by atoms with Gasteiger partial charge in [0, 0.05) is 24.3 Å². The zero-order valence-electron chi connectivity index (χ0n) is 15.4. The van der Waals surface area contributed by atoms with Gasteiger partial charge in [0.15, 0.2) is 0 Å². The van der Waals surface area contributed by atoms with Gasteiger partial charge in [-0.05, 0) is 49.2 Å². The lowest BCUT2D eigenvalue weighted by atomic mass is 9.96. The molecule has 1 atom stereocenters. The number of anilines is 1. The van der Waals surface area contributed by atoms with Crippen molar-refractivity contribution in [1.29, 1.82) is 0 Å². The summed E-state index contributed by atoms with van der Waals surface area (Å²) >= 11 is 0. The van der Waals surface area contributed by atoms with Crippen LogP contribution in [0.5, 0.6) is 0 Å². The second-order valence-electron chi connectivity index (χ2n) is 6.83. The third kappa shape index (κ3) is 3.93. The Kier molecular flexibility index (Phi) is 5.14. The Morgan fingerprint density at radius 2 is 1.82 bits per heavy atom. The molecule has 3 aromatic rings. The molecule has 1 N–H and O–H groups in total. The predicted octanol–water partition coefficient (Wildman–Crippen LogP) is 2.76. The van der Waals surface area contributed by atoms with Crippen LogP contribution < -0.4 is 5.32 Å². The van der Waals surface area contributed by atoms with Gasteiger partial charge in [-0.3, -0.25) is 9.59 Å². The van der Waals surface area contributed by atoms with Gasteiger partial charge in [0.25, 0.3) is 5.91 Å². The van der Waals surface area contributed by atoms with Gasteiger partial charge in [0.2, 0.25) is 5.91 Å². The number of nitrogens with one attached hydrogen (secondary N) is 1. The van der Waals surface area contributed by atoms with Crippen molar-refractivity contribution in [1.82, 2.24) is 19.7 Å². The first-order valence-electron chi connectivity index (χ1n) is 9.31. The van der Waals surface area contributed by atoms with Gasteiger partial charge in [-0.25, -0.2) is 9.67 Å². The molecule has 0 spiro atoms. The molecule has 1 fully saturated rings. The first-order valence-corrected chi connectivity index (χ1v) is 9.31. The first kappa shape index (κ1) is 17.9. The van der Waals surface area contributed by atoms with Crippen LogP contribution >= 0.6 is 0 Å². The minimum Gasteiger partial charge on any atom is -0.338 e. The summed E-state index contributed by atoms with van der Waals surface area (Å²) in [5, 5.41) is 7.02. The van der Waals surface area contributed by atoms with E-state index in [4.69, 9.17) is 0 Å². The Hall–Kier alpha value is -3.48. The number of hydrogen-bond acceptors (Lipinski definition) is 4. The Morgan fingerprint density at radius 3 is 2.54 bits per heavy atom. The summed E-state index contributed by atoms with van der Waals surface area (Å²) in [5.41, 5.74) is 2.22. The molecule has 0 radical (unpaired) electrons. The predicted molar refractivity (Wildman–Crippen MR) is 105 cm³/mol. The zero-order chi connectivity index (χ0) is 19.3. The molecular formula is C21H21N5O2. The van der Waals surface area contributed by atoms with Crippen molar-refractivity contribution in [2.45, 2.75) is 12.8 Å². The number of aromatic nitrogens is 3. The van der Waals surface area contributed by atoms with Crippen LogP contribution in [0.2, 0.25) is 0 Å². The van der Waals surface area contributed by atoms with Crippen LogP contribution in [-0.4, -0.2) is 44.6 Å². The monoisotopic (exact) mass is 375 g/mol. The number of rotatable bonds is 4. The fourth-order valence-corrected chi connectivity index (χ4v) is 3.42. The number of benzene rings is 2. The number of carbonyl (C=O) groups is 2. The lowest BCUT2D eigenvalue weighted by Crippen LogP contribution is -2.43. The highest BCUT2D eigenvalue weighted by molar-refractivity contribution is 5.96. The molecule has 0 aliphatic carbocycles. The van der Waals surface area contributed by atoms with Crippen molar-refractivity contribution in [3.05, 3.63) is 72.8 Å². The topological polar surface area (TPSA) is 80.1 Å². The number of likely N-dealkylation sites (tertiary alicyclic amines) is 1. The van der Waals surface area contributed by atoms with E-state index in [9.17, 15) is 9.59 Å². The van der Waals surface area contributed by atoms with Gasteiger partial charge < -0.3 is 10.2 Å². The Balaban J connectivity index is 1.41.